The molecule has 0 fully saturated rings. The predicted octanol–water partition coefficient (Wildman–Crippen LogP) is 1.21. The summed E-state index contributed by atoms with van der Waals surface area (Å²) in [5.74, 6) is 0.883. The van der Waals surface area contributed by atoms with Crippen LogP contribution in [0.15, 0.2) is 16.7 Å². The summed E-state index contributed by atoms with van der Waals surface area (Å²) < 4.78 is 10.3. The summed E-state index contributed by atoms with van der Waals surface area (Å²) in [6.07, 6.45) is 2.74. The van der Waals surface area contributed by atoms with Gasteiger partial charge in [-0.1, -0.05) is 0 Å². The van der Waals surface area contributed by atoms with Gasteiger partial charge >= 0.3 is 0 Å². The maximum atomic E-state index is 5.56. The molecule has 1 rings (SSSR count). The molecule has 1 aromatic heterocycles. The summed E-state index contributed by atoms with van der Waals surface area (Å²) in [6.45, 7) is 3.17. The highest BCUT2D eigenvalue weighted by molar-refractivity contribution is 5.16. The lowest BCUT2D eigenvalue weighted by Gasteiger charge is -2.15. The second-order valence-electron chi connectivity index (χ2n) is 3.66. The summed E-state index contributed by atoms with van der Waals surface area (Å²) in [5.41, 5.74) is 6.74. The third kappa shape index (κ3) is 4.03. The van der Waals surface area contributed by atoms with Gasteiger partial charge in [0, 0.05) is 32.4 Å². The zero-order valence-corrected chi connectivity index (χ0v) is 9.53. The highest BCUT2D eigenvalue weighted by Gasteiger charge is 2.06. The van der Waals surface area contributed by atoms with Gasteiger partial charge in [-0.15, -0.1) is 0 Å². The minimum Gasteiger partial charge on any atom is -0.468 e. The van der Waals surface area contributed by atoms with E-state index >= 15 is 0 Å². The first kappa shape index (κ1) is 12.2. The smallest absolute Gasteiger partial charge is 0.121 e. The van der Waals surface area contributed by atoms with E-state index in [2.05, 4.69) is 11.9 Å². The zero-order valence-electron chi connectivity index (χ0n) is 9.53. The van der Waals surface area contributed by atoms with Gasteiger partial charge in [0.25, 0.3) is 0 Å². The van der Waals surface area contributed by atoms with Gasteiger partial charge in [0.2, 0.25) is 0 Å². The molecule has 4 heteroatoms. The minimum absolute atomic E-state index is 0.467. The summed E-state index contributed by atoms with van der Waals surface area (Å²) in [5, 5.41) is 0. The average Bonchev–Trinajstić information content (AvgIpc) is 2.65. The molecule has 0 aliphatic heterocycles. The Morgan fingerprint density at radius 3 is 3.00 bits per heavy atom. The van der Waals surface area contributed by atoms with E-state index in [1.54, 1.807) is 13.4 Å². The van der Waals surface area contributed by atoms with Gasteiger partial charge in [-0.25, -0.2) is 0 Å². The molecule has 0 aliphatic rings. The lowest BCUT2D eigenvalue weighted by atomic mass is 10.2. The second-order valence-corrected chi connectivity index (χ2v) is 3.66. The Hall–Kier alpha value is -0.840. The lowest BCUT2D eigenvalue weighted by Crippen LogP contribution is -2.20. The van der Waals surface area contributed by atoms with Crippen molar-refractivity contribution in [1.82, 2.24) is 4.90 Å². The number of ether oxygens (including phenoxy) is 1. The summed E-state index contributed by atoms with van der Waals surface area (Å²) in [7, 11) is 3.81. The number of methoxy groups -OCH3 is 1. The van der Waals surface area contributed by atoms with Crippen LogP contribution >= 0.6 is 0 Å². The van der Waals surface area contributed by atoms with Crippen LogP contribution < -0.4 is 5.73 Å². The van der Waals surface area contributed by atoms with Crippen LogP contribution in [-0.2, 0) is 17.8 Å². The van der Waals surface area contributed by atoms with Crippen LogP contribution in [0.3, 0.4) is 0 Å². The van der Waals surface area contributed by atoms with Gasteiger partial charge in [0.05, 0.1) is 12.8 Å². The predicted molar refractivity (Wildman–Crippen MR) is 59.4 cm³/mol. The number of nitrogens with two attached hydrogens (primary N) is 1. The number of hydrogen-bond acceptors (Lipinski definition) is 4. The quantitative estimate of drug-likeness (QED) is 0.690. The molecule has 0 radical (unpaired) electrons. The van der Waals surface area contributed by atoms with Crippen LogP contribution in [0.4, 0.5) is 0 Å². The fourth-order valence-corrected chi connectivity index (χ4v) is 1.54. The highest BCUT2D eigenvalue weighted by Crippen LogP contribution is 2.11. The van der Waals surface area contributed by atoms with Crippen molar-refractivity contribution in [1.29, 1.82) is 0 Å². The molecule has 0 amide bonds. The first-order valence-electron chi connectivity index (χ1n) is 5.20. The van der Waals surface area contributed by atoms with Crippen LogP contribution in [0.25, 0.3) is 0 Å². The first-order valence-corrected chi connectivity index (χ1v) is 5.20. The van der Waals surface area contributed by atoms with Crippen LogP contribution in [0.2, 0.25) is 0 Å². The van der Waals surface area contributed by atoms with Crippen LogP contribution in [-0.4, -0.2) is 32.2 Å². The molecule has 2 N–H and O–H groups in total. The SMILES string of the molecule is COCCCN(C)Cc1ccoc1CN. The topological polar surface area (TPSA) is 51.6 Å². The molecular weight excluding hydrogens is 192 g/mol. The summed E-state index contributed by atoms with van der Waals surface area (Å²) in [6, 6.07) is 1.98. The molecule has 0 spiro atoms. The Kier molecular flexibility index (Phi) is 5.39. The van der Waals surface area contributed by atoms with E-state index in [0.717, 1.165) is 31.9 Å². The Labute approximate surface area is 91.0 Å². The van der Waals surface area contributed by atoms with E-state index in [1.807, 2.05) is 6.07 Å². The number of nitrogens with zero attached hydrogens (tertiary/aromatic N) is 1. The average molecular weight is 212 g/mol. The van der Waals surface area contributed by atoms with Crippen molar-refractivity contribution in [3.63, 3.8) is 0 Å². The van der Waals surface area contributed by atoms with E-state index in [-0.39, 0.29) is 0 Å². The highest BCUT2D eigenvalue weighted by atomic mass is 16.5. The van der Waals surface area contributed by atoms with Crippen LogP contribution in [0, 0.1) is 0 Å². The van der Waals surface area contributed by atoms with E-state index in [1.165, 1.54) is 5.56 Å². The molecule has 15 heavy (non-hydrogen) atoms. The molecule has 0 aliphatic carbocycles. The summed E-state index contributed by atoms with van der Waals surface area (Å²) in [4.78, 5) is 2.24. The normalized spacial score (nSPS) is 11.2. The molecule has 0 bridgehead atoms. The molecular formula is C11H20N2O2. The van der Waals surface area contributed by atoms with E-state index in [0.29, 0.717) is 6.54 Å². The van der Waals surface area contributed by atoms with Crippen molar-refractivity contribution in [2.75, 3.05) is 27.3 Å². The summed E-state index contributed by atoms with van der Waals surface area (Å²) >= 11 is 0. The molecule has 0 aromatic carbocycles. The molecule has 0 saturated heterocycles. The maximum Gasteiger partial charge on any atom is 0.121 e. The fraction of sp³-hybridized carbons (Fsp3) is 0.636. The Balaban J connectivity index is 2.33. The van der Waals surface area contributed by atoms with Gasteiger partial charge < -0.3 is 19.8 Å². The van der Waals surface area contributed by atoms with Gasteiger partial charge in [-0.05, 0) is 19.5 Å². The fourth-order valence-electron chi connectivity index (χ4n) is 1.54. The molecule has 1 heterocycles. The third-order valence-electron chi connectivity index (χ3n) is 2.35. The molecule has 0 atom stereocenters. The molecule has 1 aromatic rings. The standard InChI is InChI=1S/C11H20N2O2/c1-13(5-3-6-14-2)9-10-4-7-15-11(10)8-12/h4,7H,3,5-6,8-9,12H2,1-2H3. The van der Waals surface area contributed by atoms with Gasteiger partial charge in [0.15, 0.2) is 0 Å². The minimum atomic E-state index is 0.467. The van der Waals surface area contributed by atoms with Crippen molar-refractivity contribution in [3.8, 4) is 0 Å². The van der Waals surface area contributed by atoms with E-state index < -0.39 is 0 Å². The van der Waals surface area contributed by atoms with Crippen molar-refractivity contribution < 1.29 is 9.15 Å². The largest absolute Gasteiger partial charge is 0.468 e. The van der Waals surface area contributed by atoms with Crippen molar-refractivity contribution in [2.24, 2.45) is 5.73 Å². The van der Waals surface area contributed by atoms with Gasteiger partial charge in [-0.3, -0.25) is 0 Å². The lowest BCUT2D eigenvalue weighted by molar-refractivity contribution is 0.178. The second kappa shape index (κ2) is 6.61. The molecule has 86 valence electrons. The Morgan fingerprint density at radius 2 is 2.33 bits per heavy atom. The Morgan fingerprint density at radius 1 is 1.53 bits per heavy atom. The van der Waals surface area contributed by atoms with E-state index in [4.69, 9.17) is 14.9 Å². The van der Waals surface area contributed by atoms with Crippen LogP contribution in [0.1, 0.15) is 17.7 Å². The number of hydrogen-bond donors (Lipinski definition) is 1. The zero-order chi connectivity index (χ0) is 11.1. The maximum absolute atomic E-state index is 5.56. The number of furan rings is 1. The van der Waals surface area contributed by atoms with Gasteiger partial charge in [0.1, 0.15) is 5.76 Å². The van der Waals surface area contributed by atoms with Crippen molar-refractivity contribution >= 4 is 0 Å². The monoisotopic (exact) mass is 212 g/mol. The van der Waals surface area contributed by atoms with E-state index in [9.17, 15) is 0 Å². The van der Waals surface area contributed by atoms with Crippen LogP contribution in [0.5, 0.6) is 0 Å². The molecule has 0 saturated carbocycles. The Bertz CT molecular complexity index is 273. The molecule has 4 nitrogen and oxygen atoms in total. The number of rotatable bonds is 7. The van der Waals surface area contributed by atoms with Crippen molar-refractivity contribution in [3.05, 3.63) is 23.7 Å². The van der Waals surface area contributed by atoms with Gasteiger partial charge in [-0.2, -0.15) is 0 Å². The third-order valence-corrected chi connectivity index (χ3v) is 2.35. The first-order chi connectivity index (χ1) is 7.27. The molecule has 0 unspecified atom stereocenters. The van der Waals surface area contributed by atoms with Crippen molar-refractivity contribution in [2.45, 2.75) is 19.5 Å².